The number of hydrogen-bond donors (Lipinski definition) is 1. The Morgan fingerprint density at radius 3 is 1.64 bits per heavy atom. The van der Waals surface area contributed by atoms with Crippen LogP contribution in [0.15, 0.2) is 36.4 Å². The van der Waals surface area contributed by atoms with Crippen LogP contribution in [-0.4, -0.2) is 5.11 Å². The van der Waals surface area contributed by atoms with Crippen LogP contribution in [0.2, 0.25) is 0 Å². The van der Waals surface area contributed by atoms with Crippen LogP contribution >= 0.6 is 0 Å². The summed E-state index contributed by atoms with van der Waals surface area (Å²) in [5.41, 5.74) is 2.21. The highest BCUT2D eigenvalue weighted by Gasteiger charge is 2.29. The van der Waals surface area contributed by atoms with Crippen molar-refractivity contribution >= 4 is 0 Å². The number of rotatable bonds is 2. The molecule has 0 bridgehead atoms. The predicted molar refractivity (Wildman–Crippen MR) is 93.7 cm³/mol. The Balaban J connectivity index is 2.40. The summed E-state index contributed by atoms with van der Waals surface area (Å²) in [6, 6.07) is 8.46. The topological polar surface area (TPSA) is 20.2 Å². The van der Waals surface area contributed by atoms with E-state index in [0.29, 0.717) is 11.3 Å². The Morgan fingerprint density at radius 1 is 0.800 bits per heavy atom. The normalized spacial score (nSPS) is 11.6. The second kappa shape index (κ2) is 7.23. The van der Waals surface area contributed by atoms with E-state index in [1.165, 1.54) is 12.1 Å². The molecular formula is C21H21F3O. The fraction of sp³-hybridized carbons (Fsp3) is 0.333. The highest BCUT2D eigenvalue weighted by Crippen LogP contribution is 2.34. The molecule has 0 aromatic heterocycles. The molecule has 0 unspecified atom stereocenters. The number of phenols is 1. The smallest absolute Gasteiger partial charge is 0.416 e. The minimum absolute atomic E-state index is 0.144. The zero-order chi connectivity index (χ0) is 18.8. The summed E-state index contributed by atoms with van der Waals surface area (Å²) in [6.07, 6.45) is -4.35. The number of alkyl halides is 3. The van der Waals surface area contributed by atoms with Gasteiger partial charge in [-0.15, -0.1) is 0 Å². The van der Waals surface area contributed by atoms with Crippen LogP contribution in [0.3, 0.4) is 0 Å². The van der Waals surface area contributed by atoms with Crippen LogP contribution in [0.25, 0.3) is 0 Å². The Morgan fingerprint density at radius 2 is 1.24 bits per heavy atom. The zero-order valence-electron chi connectivity index (χ0n) is 14.7. The molecule has 0 amide bonds. The third kappa shape index (κ3) is 4.57. The average Bonchev–Trinajstić information content (AvgIpc) is 2.52. The van der Waals surface area contributed by atoms with E-state index in [4.69, 9.17) is 0 Å². The molecule has 4 heteroatoms. The quantitative estimate of drug-likeness (QED) is 0.656. The standard InChI is InChI=1S/C21H21F3O/c1-13(2)18-11-16(12-19(14(3)4)20(18)25)6-5-15-7-9-17(10-8-15)21(22,23)24/h7-14,25H,1-4H3. The van der Waals surface area contributed by atoms with E-state index in [-0.39, 0.29) is 11.8 Å². The van der Waals surface area contributed by atoms with Gasteiger partial charge in [0.15, 0.2) is 0 Å². The molecule has 0 saturated heterocycles. The van der Waals surface area contributed by atoms with Gasteiger partial charge in [-0.1, -0.05) is 39.5 Å². The molecule has 0 aliphatic heterocycles. The van der Waals surface area contributed by atoms with Crippen molar-refractivity contribution < 1.29 is 18.3 Å². The van der Waals surface area contributed by atoms with E-state index in [9.17, 15) is 18.3 Å². The monoisotopic (exact) mass is 346 g/mol. The van der Waals surface area contributed by atoms with Crippen LogP contribution < -0.4 is 0 Å². The third-order valence-corrected chi connectivity index (χ3v) is 3.98. The van der Waals surface area contributed by atoms with Gasteiger partial charge in [0.2, 0.25) is 0 Å². The van der Waals surface area contributed by atoms with Crippen molar-refractivity contribution in [2.75, 3.05) is 0 Å². The number of phenolic OH excluding ortho intramolecular Hbond substituents is 1. The van der Waals surface area contributed by atoms with Gasteiger partial charge in [0.25, 0.3) is 0 Å². The van der Waals surface area contributed by atoms with Gasteiger partial charge in [-0.3, -0.25) is 0 Å². The number of aromatic hydroxyl groups is 1. The van der Waals surface area contributed by atoms with Gasteiger partial charge in [-0.2, -0.15) is 13.2 Å². The largest absolute Gasteiger partial charge is 0.507 e. The predicted octanol–water partition coefficient (Wildman–Crippen LogP) is 6.06. The summed E-state index contributed by atoms with van der Waals surface area (Å²) in [7, 11) is 0. The molecule has 0 aliphatic rings. The molecule has 132 valence electrons. The maximum Gasteiger partial charge on any atom is 0.416 e. The van der Waals surface area contributed by atoms with E-state index >= 15 is 0 Å². The van der Waals surface area contributed by atoms with E-state index in [0.717, 1.165) is 28.8 Å². The number of halogens is 3. The van der Waals surface area contributed by atoms with Crippen molar-refractivity contribution in [1.82, 2.24) is 0 Å². The summed E-state index contributed by atoms with van der Waals surface area (Å²) in [6.45, 7) is 7.97. The molecule has 2 rings (SSSR count). The van der Waals surface area contributed by atoms with Crippen LogP contribution in [-0.2, 0) is 6.18 Å². The lowest BCUT2D eigenvalue weighted by atomic mass is 9.91. The van der Waals surface area contributed by atoms with Crippen LogP contribution in [0.4, 0.5) is 13.2 Å². The first kappa shape index (κ1) is 18.9. The summed E-state index contributed by atoms with van der Waals surface area (Å²) in [4.78, 5) is 0. The molecule has 1 nitrogen and oxygen atoms in total. The molecule has 2 aromatic rings. The minimum Gasteiger partial charge on any atom is -0.507 e. The van der Waals surface area contributed by atoms with Gasteiger partial charge < -0.3 is 5.11 Å². The minimum atomic E-state index is -4.35. The Kier molecular flexibility index (Phi) is 5.47. The van der Waals surface area contributed by atoms with Gasteiger partial charge in [-0.05, 0) is 59.4 Å². The molecule has 0 spiro atoms. The second-order valence-electron chi connectivity index (χ2n) is 6.64. The molecule has 0 saturated carbocycles. The first-order valence-corrected chi connectivity index (χ1v) is 8.15. The van der Waals surface area contributed by atoms with Crippen LogP contribution in [0.5, 0.6) is 5.75 Å². The van der Waals surface area contributed by atoms with Gasteiger partial charge in [0, 0.05) is 11.1 Å². The van der Waals surface area contributed by atoms with Crippen LogP contribution in [0.1, 0.15) is 67.3 Å². The summed E-state index contributed by atoms with van der Waals surface area (Å²) in [5.74, 6) is 6.47. The Bertz CT molecular complexity index is 775. The highest BCUT2D eigenvalue weighted by atomic mass is 19.4. The molecule has 1 N–H and O–H groups in total. The summed E-state index contributed by atoms with van der Waals surface area (Å²) in [5, 5.41) is 10.4. The van der Waals surface area contributed by atoms with Crippen LogP contribution in [0, 0.1) is 11.8 Å². The number of hydrogen-bond acceptors (Lipinski definition) is 1. The maximum atomic E-state index is 12.6. The summed E-state index contributed by atoms with van der Waals surface area (Å²) < 4.78 is 37.8. The van der Waals surface area contributed by atoms with E-state index in [2.05, 4.69) is 11.8 Å². The van der Waals surface area contributed by atoms with Crippen molar-refractivity contribution in [2.45, 2.75) is 45.7 Å². The lowest BCUT2D eigenvalue weighted by Crippen LogP contribution is -2.04. The fourth-order valence-corrected chi connectivity index (χ4v) is 2.52. The molecule has 0 atom stereocenters. The van der Waals surface area contributed by atoms with E-state index in [1.54, 1.807) is 0 Å². The SMILES string of the molecule is CC(C)c1cc(C#Cc2ccc(C(F)(F)F)cc2)cc(C(C)C)c1O. The summed E-state index contributed by atoms with van der Waals surface area (Å²) >= 11 is 0. The second-order valence-corrected chi connectivity index (χ2v) is 6.64. The average molecular weight is 346 g/mol. The molecular weight excluding hydrogens is 325 g/mol. The fourth-order valence-electron chi connectivity index (χ4n) is 2.52. The first-order chi connectivity index (χ1) is 11.6. The van der Waals surface area contributed by atoms with E-state index in [1.807, 2.05) is 39.8 Å². The van der Waals surface area contributed by atoms with E-state index < -0.39 is 11.7 Å². The third-order valence-electron chi connectivity index (χ3n) is 3.98. The van der Waals surface area contributed by atoms with Gasteiger partial charge in [0.1, 0.15) is 5.75 Å². The Hall–Kier alpha value is -2.41. The van der Waals surface area contributed by atoms with Gasteiger partial charge >= 0.3 is 6.18 Å². The van der Waals surface area contributed by atoms with Crippen molar-refractivity contribution in [3.05, 3.63) is 64.2 Å². The number of benzene rings is 2. The molecule has 0 radical (unpaired) electrons. The lowest BCUT2D eigenvalue weighted by molar-refractivity contribution is -0.137. The van der Waals surface area contributed by atoms with Crippen molar-refractivity contribution in [2.24, 2.45) is 0 Å². The zero-order valence-corrected chi connectivity index (χ0v) is 14.7. The maximum absolute atomic E-state index is 12.6. The highest BCUT2D eigenvalue weighted by molar-refractivity contribution is 5.53. The van der Waals surface area contributed by atoms with Crippen molar-refractivity contribution in [1.29, 1.82) is 0 Å². The molecule has 0 fully saturated rings. The molecule has 0 aliphatic carbocycles. The van der Waals surface area contributed by atoms with Crippen molar-refractivity contribution in [3.63, 3.8) is 0 Å². The van der Waals surface area contributed by atoms with Gasteiger partial charge in [-0.25, -0.2) is 0 Å². The molecule has 25 heavy (non-hydrogen) atoms. The van der Waals surface area contributed by atoms with Crippen molar-refractivity contribution in [3.8, 4) is 17.6 Å². The molecule has 2 aromatic carbocycles. The first-order valence-electron chi connectivity index (χ1n) is 8.15. The molecule has 0 heterocycles. The van der Waals surface area contributed by atoms with Gasteiger partial charge in [0.05, 0.1) is 5.56 Å². The Labute approximate surface area is 146 Å². The lowest BCUT2D eigenvalue weighted by Gasteiger charge is -2.15.